The minimum absolute atomic E-state index is 0.0280. The average Bonchev–Trinajstić information content (AvgIpc) is 2.86. The van der Waals surface area contributed by atoms with E-state index in [4.69, 9.17) is 0 Å². The number of nitrogens with zero attached hydrogens (tertiary/aromatic N) is 1. The van der Waals surface area contributed by atoms with Gasteiger partial charge in [-0.3, -0.25) is 9.69 Å². The van der Waals surface area contributed by atoms with Crippen molar-refractivity contribution in [1.29, 1.82) is 0 Å². The molecule has 2 saturated heterocycles. The first-order valence-corrected chi connectivity index (χ1v) is 7.10. The van der Waals surface area contributed by atoms with Gasteiger partial charge in [0, 0.05) is 19.0 Å². The number of carbonyl (C=O) groups excluding carboxylic acids is 1. The maximum absolute atomic E-state index is 14.4. The van der Waals surface area contributed by atoms with Crippen LogP contribution in [-0.2, 0) is 4.79 Å². The van der Waals surface area contributed by atoms with Gasteiger partial charge in [-0.1, -0.05) is 12.1 Å². The number of carbonyl (C=O) groups is 1. The fourth-order valence-corrected chi connectivity index (χ4v) is 3.24. The van der Waals surface area contributed by atoms with E-state index in [-0.39, 0.29) is 23.6 Å². The fourth-order valence-electron chi connectivity index (χ4n) is 3.24. The second-order valence-electron chi connectivity index (χ2n) is 5.59. The van der Waals surface area contributed by atoms with Crippen molar-refractivity contribution < 1.29 is 14.3 Å². The summed E-state index contributed by atoms with van der Waals surface area (Å²) in [5.74, 6) is 0.0841. The minimum Gasteiger partial charge on any atom is -0.508 e. The Labute approximate surface area is 117 Å². The molecule has 2 N–H and O–H groups in total. The number of nitrogens with one attached hydrogen (secondary N) is 1. The second-order valence-corrected chi connectivity index (χ2v) is 5.59. The number of alkyl halides is 1. The van der Waals surface area contributed by atoms with Crippen LogP contribution in [0.1, 0.15) is 24.3 Å². The molecule has 1 amide bonds. The first kappa shape index (κ1) is 13.4. The monoisotopic (exact) mass is 278 g/mol. The van der Waals surface area contributed by atoms with E-state index < -0.39 is 6.17 Å². The van der Waals surface area contributed by atoms with Gasteiger partial charge in [0.05, 0.1) is 6.04 Å². The molecule has 0 unspecified atom stereocenters. The average molecular weight is 278 g/mol. The number of halogens is 1. The number of likely N-dealkylation sites (tertiary alicyclic amines) is 1. The van der Waals surface area contributed by atoms with Crippen molar-refractivity contribution in [3.8, 4) is 5.75 Å². The standard InChI is InChI=1S/C15H19FN2O2/c16-13-9-18(14-5-7-17-15(14)20)8-6-12(13)10-1-3-11(19)4-2-10/h1-4,12-14,19H,5-9H2,(H,17,20)/t12-,13+,14+/m0/s1. The summed E-state index contributed by atoms with van der Waals surface area (Å²) >= 11 is 0. The van der Waals surface area contributed by atoms with E-state index in [0.717, 1.165) is 18.5 Å². The highest BCUT2D eigenvalue weighted by Crippen LogP contribution is 2.32. The molecule has 4 nitrogen and oxygen atoms in total. The van der Waals surface area contributed by atoms with Crippen molar-refractivity contribution in [1.82, 2.24) is 10.2 Å². The smallest absolute Gasteiger partial charge is 0.237 e. The van der Waals surface area contributed by atoms with E-state index in [1.165, 1.54) is 0 Å². The van der Waals surface area contributed by atoms with Gasteiger partial charge < -0.3 is 10.4 Å². The topological polar surface area (TPSA) is 52.6 Å². The van der Waals surface area contributed by atoms with Crippen LogP contribution >= 0.6 is 0 Å². The van der Waals surface area contributed by atoms with E-state index in [1.54, 1.807) is 24.3 Å². The number of amides is 1. The third-order valence-electron chi connectivity index (χ3n) is 4.35. The number of phenols is 1. The van der Waals surface area contributed by atoms with Crippen LogP contribution in [0, 0.1) is 0 Å². The van der Waals surface area contributed by atoms with E-state index in [1.807, 2.05) is 4.90 Å². The zero-order valence-corrected chi connectivity index (χ0v) is 11.3. The molecule has 2 aliphatic rings. The molecule has 2 fully saturated rings. The molecular weight excluding hydrogens is 259 g/mol. The highest BCUT2D eigenvalue weighted by molar-refractivity contribution is 5.83. The largest absolute Gasteiger partial charge is 0.508 e. The van der Waals surface area contributed by atoms with Crippen molar-refractivity contribution in [3.63, 3.8) is 0 Å². The Morgan fingerprint density at radius 2 is 2.00 bits per heavy atom. The Morgan fingerprint density at radius 3 is 2.60 bits per heavy atom. The van der Waals surface area contributed by atoms with Crippen LogP contribution in [0.25, 0.3) is 0 Å². The summed E-state index contributed by atoms with van der Waals surface area (Å²) < 4.78 is 14.4. The van der Waals surface area contributed by atoms with Crippen LogP contribution < -0.4 is 5.32 Å². The molecule has 0 aromatic heterocycles. The lowest BCUT2D eigenvalue weighted by Gasteiger charge is -2.37. The van der Waals surface area contributed by atoms with E-state index in [9.17, 15) is 14.3 Å². The van der Waals surface area contributed by atoms with Crippen LogP contribution in [0.5, 0.6) is 5.75 Å². The summed E-state index contributed by atoms with van der Waals surface area (Å²) in [6.07, 6.45) is 0.507. The first-order chi connectivity index (χ1) is 9.65. The molecule has 5 heteroatoms. The van der Waals surface area contributed by atoms with E-state index in [0.29, 0.717) is 19.5 Å². The predicted molar refractivity (Wildman–Crippen MR) is 73.3 cm³/mol. The van der Waals surface area contributed by atoms with E-state index >= 15 is 0 Å². The molecule has 3 rings (SSSR count). The maximum Gasteiger partial charge on any atom is 0.237 e. The lowest BCUT2D eigenvalue weighted by Crippen LogP contribution is -2.48. The van der Waals surface area contributed by atoms with Crippen LogP contribution in [0.2, 0.25) is 0 Å². The van der Waals surface area contributed by atoms with Crippen LogP contribution in [-0.4, -0.2) is 47.8 Å². The number of phenolic OH excluding ortho intramolecular Hbond substituents is 1. The van der Waals surface area contributed by atoms with Gasteiger partial charge in [0.25, 0.3) is 0 Å². The van der Waals surface area contributed by atoms with Crippen LogP contribution in [0.3, 0.4) is 0 Å². The molecule has 0 aliphatic carbocycles. The molecule has 2 aliphatic heterocycles. The Bertz CT molecular complexity index is 491. The summed E-state index contributed by atoms with van der Waals surface area (Å²) in [6.45, 7) is 1.74. The number of aromatic hydroxyl groups is 1. The first-order valence-electron chi connectivity index (χ1n) is 7.10. The summed E-state index contributed by atoms with van der Waals surface area (Å²) in [6, 6.07) is 6.60. The SMILES string of the molecule is O=C1NCC[C@H]1N1CC[C@@H](c2ccc(O)cc2)[C@H](F)C1. The van der Waals surface area contributed by atoms with E-state index in [2.05, 4.69) is 5.32 Å². The third-order valence-corrected chi connectivity index (χ3v) is 4.35. The zero-order valence-electron chi connectivity index (χ0n) is 11.3. The number of benzene rings is 1. The molecule has 1 aromatic rings. The Balaban J connectivity index is 1.67. The van der Waals surface area contributed by atoms with Gasteiger partial charge in [-0.15, -0.1) is 0 Å². The summed E-state index contributed by atoms with van der Waals surface area (Å²) in [4.78, 5) is 13.6. The second kappa shape index (κ2) is 5.40. The molecular formula is C15H19FN2O2. The molecule has 0 bridgehead atoms. The van der Waals surface area contributed by atoms with Crippen molar-refractivity contribution in [2.24, 2.45) is 0 Å². The number of hydrogen-bond donors (Lipinski definition) is 2. The van der Waals surface area contributed by atoms with Crippen molar-refractivity contribution >= 4 is 5.91 Å². The highest BCUT2D eigenvalue weighted by atomic mass is 19.1. The van der Waals surface area contributed by atoms with Crippen LogP contribution in [0.4, 0.5) is 4.39 Å². The van der Waals surface area contributed by atoms with Gasteiger partial charge >= 0.3 is 0 Å². The highest BCUT2D eigenvalue weighted by Gasteiger charge is 2.37. The Morgan fingerprint density at radius 1 is 1.25 bits per heavy atom. The fraction of sp³-hybridized carbons (Fsp3) is 0.533. The van der Waals surface area contributed by atoms with Gasteiger partial charge in [0.1, 0.15) is 11.9 Å². The molecule has 2 heterocycles. The lowest BCUT2D eigenvalue weighted by atomic mass is 9.87. The van der Waals surface area contributed by atoms with Gasteiger partial charge in [0.15, 0.2) is 0 Å². The molecule has 1 aromatic carbocycles. The van der Waals surface area contributed by atoms with Crippen molar-refractivity contribution in [3.05, 3.63) is 29.8 Å². The third kappa shape index (κ3) is 2.50. The Kier molecular flexibility index (Phi) is 3.61. The van der Waals surface area contributed by atoms with Gasteiger partial charge in [0.2, 0.25) is 5.91 Å². The predicted octanol–water partition coefficient (Wildman–Crippen LogP) is 1.41. The molecule has 108 valence electrons. The molecule has 3 atom stereocenters. The van der Waals surface area contributed by atoms with Crippen molar-refractivity contribution in [2.45, 2.75) is 31.0 Å². The molecule has 20 heavy (non-hydrogen) atoms. The minimum atomic E-state index is -0.971. The molecule has 0 saturated carbocycles. The van der Waals surface area contributed by atoms with Gasteiger partial charge in [-0.25, -0.2) is 4.39 Å². The molecule has 0 spiro atoms. The summed E-state index contributed by atoms with van der Waals surface area (Å²) in [5, 5.41) is 12.1. The van der Waals surface area contributed by atoms with Crippen LogP contribution in [0.15, 0.2) is 24.3 Å². The van der Waals surface area contributed by atoms with Crippen molar-refractivity contribution in [2.75, 3.05) is 19.6 Å². The van der Waals surface area contributed by atoms with Gasteiger partial charge in [-0.2, -0.15) is 0 Å². The van der Waals surface area contributed by atoms with Gasteiger partial charge in [-0.05, 0) is 37.1 Å². The normalized spacial score (nSPS) is 31.2. The lowest BCUT2D eigenvalue weighted by molar-refractivity contribution is -0.124. The zero-order chi connectivity index (χ0) is 14.1. The summed E-state index contributed by atoms with van der Waals surface area (Å²) in [7, 11) is 0. The number of piperidine rings is 1. The quantitative estimate of drug-likeness (QED) is 0.860. The maximum atomic E-state index is 14.4. The summed E-state index contributed by atoms with van der Waals surface area (Å²) in [5.41, 5.74) is 0.922. The number of hydrogen-bond acceptors (Lipinski definition) is 3. The number of rotatable bonds is 2. The Hall–Kier alpha value is -1.62. The molecule has 0 radical (unpaired) electrons.